The number of hydrogen-bond donors (Lipinski definition) is 1. The Morgan fingerprint density at radius 1 is 1.24 bits per heavy atom. The lowest BCUT2D eigenvalue weighted by molar-refractivity contribution is 0.422. The largest absolute Gasteiger partial charge is 0.367 e. The summed E-state index contributed by atoms with van der Waals surface area (Å²) < 4.78 is 5.09. The number of anilines is 1. The van der Waals surface area contributed by atoms with Gasteiger partial charge in [-0.3, -0.25) is 0 Å². The highest BCUT2D eigenvalue weighted by molar-refractivity contribution is 6.83. The molecule has 0 aliphatic rings. The molecule has 2 aromatic rings. The molecule has 0 radical (unpaired) electrons. The molecule has 3 nitrogen and oxygen atoms in total. The van der Waals surface area contributed by atoms with E-state index in [4.69, 9.17) is 16.1 Å². The highest BCUT2D eigenvalue weighted by Gasteiger charge is 2.12. The summed E-state index contributed by atoms with van der Waals surface area (Å²) in [7, 11) is -1.36. The van der Waals surface area contributed by atoms with E-state index in [0.29, 0.717) is 5.02 Å². The van der Waals surface area contributed by atoms with Gasteiger partial charge in [-0.15, -0.1) is 5.54 Å². The number of hydrogen-bond acceptors (Lipinski definition) is 3. The third-order valence-electron chi connectivity index (χ3n) is 2.72. The van der Waals surface area contributed by atoms with Crippen LogP contribution < -0.4 is 5.32 Å². The average Bonchev–Trinajstić information content (AvgIpc) is 2.85. The van der Waals surface area contributed by atoms with Crippen molar-refractivity contribution in [3.8, 4) is 22.7 Å². The minimum Gasteiger partial charge on any atom is -0.367 e. The molecule has 1 N–H and O–H groups in total. The van der Waals surface area contributed by atoms with E-state index in [-0.39, 0.29) is 6.04 Å². The topological polar surface area (TPSA) is 38.1 Å². The molecule has 1 aromatic carbocycles. The second-order valence-corrected chi connectivity index (χ2v) is 11.2. The normalized spacial score (nSPS) is 12.4. The van der Waals surface area contributed by atoms with Crippen LogP contribution in [0.5, 0.6) is 0 Å². The molecule has 1 aromatic heterocycles. The van der Waals surface area contributed by atoms with Crippen LogP contribution in [0.4, 0.5) is 5.69 Å². The molecule has 0 saturated heterocycles. The fraction of sp³-hybridized carbons (Fsp3) is 0.312. The van der Waals surface area contributed by atoms with Crippen LogP contribution in [0.3, 0.4) is 0 Å². The van der Waals surface area contributed by atoms with Gasteiger partial charge in [0.1, 0.15) is 25.7 Å². The van der Waals surface area contributed by atoms with Gasteiger partial charge in [0.05, 0.1) is 6.04 Å². The molecule has 110 valence electrons. The van der Waals surface area contributed by atoms with Crippen molar-refractivity contribution in [1.29, 1.82) is 0 Å². The third kappa shape index (κ3) is 4.66. The first kappa shape index (κ1) is 15.7. The van der Waals surface area contributed by atoms with Crippen molar-refractivity contribution in [3.63, 3.8) is 0 Å². The average molecular weight is 319 g/mol. The molecule has 21 heavy (non-hydrogen) atoms. The van der Waals surface area contributed by atoms with E-state index in [1.54, 1.807) is 6.26 Å². The Balaban J connectivity index is 2.17. The Labute approximate surface area is 131 Å². The zero-order valence-electron chi connectivity index (χ0n) is 12.7. The van der Waals surface area contributed by atoms with Gasteiger partial charge in [0.25, 0.3) is 0 Å². The van der Waals surface area contributed by atoms with Crippen LogP contribution >= 0.6 is 11.6 Å². The second kappa shape index (κ2) is 6.38. The van der Waals surface area contributed by atoms with Gasteiger partial charge in [-0.1, -0.05) is 54.5 Å². The minimum absolute atomic E-state index is 0.0437. The van der Waals surface area contributed by atoms with Gasteiger partial charge < -0.3 is 9.84 Å². The summed E-state index contributed by atoms with van der Waals surface area (Å²) in [6, 6.07) is 7.56. The van der Waals surface area contributed by atoms with Gasteiger partial charge in [-0.05, 0) is 19.1 Å². The number of benzene rings is 1. The standard InChI is InChI=1S/C16H19ClN2OSi/c1-12(9-10-21(2,3)4)18-15-11-20-19-16(15)13-5-7-14(17)8-6-13/h5-8,11-12,18H,1-4H3. The molecule has 0 amide bonds. The Hall–Kier alpha value is -1.70. The van der Waals surface area contributed by atoms with Crippen LogP contribution in [0.1, 0.15) is 6.92 Å². The maximum atomic E-state index is 5.91. The van der Waals surface area contributed by atoms with Crippen LogP contribution in [0.25, 0.3) is 11.3 Å². The maximum absolute atomic E-state index is 5.91. The van der Waals surface area contributed by atoms with Gasteiger partial charge in [-0.25, -0.2) is 0 Å². The summed E-state index contributed by atoms with van der Waals surface area (Å²) in [6.07, 6.45) is 1.61. The van der Waals surface area contributed by atoms with E-state index in [0.717, 1.165) is 16.9 Å². The number of nitrogens with one attached hydrogen (secondary N) is 1. The lowest BCUT2D eigenvalue weighted by Gasteiger charge is -2.10. The zero-order chi connectivity index (χ0) is 15.5. The molecule has 0 bridgehead atoms. The summed E-state index contributed by atoms with van der Waals surface area (Å²) >= 11 is 5.91. The lowest BCUT2D eigenvalue weighted by Crippen LogP contribution is -2.19. The van der Waals surface area contributed by atoms with Gasteiger partial charge in [0.15, 0.2) is 0 Å². The van der Waals surface area contributed by atoms with Gasteiger partial charge in [0.2, 0.25) is 0 Å². The minimum atomic E-state index is -1.36. The molecule has 0 aliphatic heterocycles. The molecule has 0 saturated carbocycles. The first-order valence-electron chi connectivity index (χ1n) is 6.85. The molecule has 0 fully saturated rings. The van der Waals surface area contributed by atoms with E-state index in [1.165, 1.54) is 0 Å². The van der Waals surface area contributed by atoms with E-state index >= 15 is 0 Å². The predicted molar refractivity (Wildman–Crippen MR) is 91.2 cm³/mol. The Kier molecular flexibility index (Phi) is 4.76. The molecule has 1 heterocycles. The summed E-state index contributed by atoms with van der Waals surface area (Å²) in [4.78, 5) is 0. The van der Waals surface area contributed by atoms with Gasteiger partial charge in [0, 0.05) is 10.6 Å². The SMILES string of the molecule is CC(C#C[Si](C)(C)C)Nc1conc1-c1ccc(Cl)cc1. The smallest absolute Gasteiger partial charge is 0.147 e. The fourth-order valence-corrected chi connectivity index (χ4v) is 2.52. The molecular formula is C16H19ClN2OSi. The van der Waals surface area contributed by atoms with Crippen molar-refractivity contribution < 1.29 is 4.52 Å². The van der Waals surface area contributed by atoms with Crippen molar-refractivity contribution in [2.45, 2.75) is 32.6 Å². The predicted octanol–water partition coefficient (Wildman–Crippen LogP) is 4.68. The van der Waals surface area contributed by atoms with Crippen molar-refractivity contribution in [1.82, 2.24) is 5.16 Å². The number of aromatic nitrogens is 1. The van der Waals surface area contributed by atoms with Crippen molar-refractivity contribution in [3.05, 3.63) is 35.6 Å². The molecule has 2 rings (SSSR count). The quantitative estimate of drug-likeness (QED) is 0.660. The van der Waals surface area contributed by atoms with E-state index in [9.17, 15) is 0 Å². The summed E-state index contributed by atoms with van der Waals surface area (Å²) in [5.41, 5.74) is 5.93. The van der Waals surface area contributed by atoms with Crippen molar-refractivity contribution in [2.24, 2.45) is 0 Å². The highest BCUT2D eigenvalue weighted by atomic mass is 35.5. The molecule has 0 aliphatic carbocycles. The first-order valence-corrected chi connectivity index (χ1v) is 10.7. The number of rotatable bonds is 3. The molecular weight excluding hydrogens is 300 g/mol. The van der Waals surface area contributed by atoms with Gasteiger partial charge in [-0.2, -0.15) is 0 Å². The summed E-state index contributed by atoms with van der Waals surface area (Å²) in [5, 5.41) is 8.09. The molecule has 1 unspecified atom stereocenters. The number of nitrogens with zero attached hydrogens (tertiary/aromatic N) is 1. The van der Waals surface area contributed by atoms with Crippen LogP contribution in [0, 0.1) is 11.5 Å². The third-order valence-corrected chi connectivity index (χ3v) is 3.87. The Bertz CT molecular complexity index is 662. The van der Waals surface area contributed by atoms with Crippen molar-refractivity contribution >= 4 is 25.4 Å². The first-order chi connectivity index (χ1) is 9.85. The maximum Gasteiger partial charge on any atom is 0.147 e. The Morgan fingerprint density at radius 3 is 2.52 bits per heavy atom. The van der Waals surface area contributed by atoms with Gasteiger partial charge >= 0.3 is 0 Å². The van der Waals surface area contributed by atoms with E-state index in [2.05, 4.69) is 41.6 Å². The zero-order valence-corrected chi connectivity index (χ0v) is 14.5. The summed E-state index contributed by atoms with van der Waals surface area (Å²) in [5.74, 6) is 3.26. The van der Waals surface area contributed by atoms with Crippen LogP contribution in [-0.2, 0) is 0 Å². The second-order valence-electron chi connectivity index (χ2n) is 5.97. The Morgan fingerprint density at radius 2 is 1.90 bits per heavy atom. The van der Waals surface area contributed by atoms with Crippen LogP contribution in [-0.4, -0.2) is 19.3 Å². The van der Waals surface area contributed by atoms with E-state index in [1.807, 2.05) is 31.2 Å². The highest BCUT2D eigenvalue weighted by Crippen LogP contribution is 2.27. The van der Waals surface area contributed by atoms with Crippen LogP contribution in [0.2, 0.25) is 24.7 Å². The van der Waals surface area contributed by atoms with E-state index < -0.39 is 8.07 Å². The lowest BCUT2D eigenvalue weighted by atomic mass is 10.1. The molecule has 5 heteroatoms. The fourth-order valence-electron chi connectivity index (χ4n) is 1.75. The van der Waals surface area contributed by atoms with Crippen molar-refractivity contribution in [2.75, 3.05) is 5.32 Å². The number of halogens is 1. The van der Waals surface area contributed by atoms with Crippen LogP contribution in [0.15, 0.2) is 35.1 Å². The molecule has 0 spiro atoms. The summed E-state index contributed by atoms with van der Waals surface area (Å²) in [6.45, 7) is 8.72. The molecule has 1 atom stereocenters. The monoisotopic (exact) mass is 318 g/mol.